The minimum absolute atomic E-state index is 0.0715. The van der Waals surface area contributed by atoms with Gasteiger partial charge in [0.1, 0.15) is 10.8 Å². The number of thioether (sulfide) groups is 1. The summed E-state index contributed by atoms with van der Waals surface area (Å²) in [7, 11) is 0. The van der Waals surface area contributed by atoms with Gasteiger partial charge in [0.2, 0.25) is 5.91 Å². The van der Waals surface area contributed by atoms with Gasteiger partial charge >= 0.3 is 0 Å². The van der Waals surface area contributed by atoms with Crippen LogP contribution in [0.4, 0.5) is 0 Å². The Hall–Kier alpha value is -2.71. The van der Waals surface area contributed by atoms with Crippen LogP contribution in [-0.2, 0) is 4.79 Å². The van der Waals surface area contributed by atoms with E-state index >= 15 is 0 Å². The van der Waals surface area contributed by atoms with Gasteiger partial charge < -0.3 is 4.90 Å². The van der Waals surface area contributed by atoms with Crippen molar-refractivity contribution in [1.29, 1.82) is 0 Å². The standard InChI is InChI=1S/C23H23N5OS2/c1-15-9-11-17(12-10-15)28-16(2)25-26-23(28)30-14-21(29)27-13-5-7-19(27)22-24-18-6-3-4-8-20(18)31-22/h3-4,6,8-12,19H,5,7,13-14H2,1-2H3/t19-/m0/s1. The summed E-state index contributed by atoms with van der Waals surface area (Å²) in [6.07, 6.45) is 1.98. The zero-order chi connectivity index (χ0) is 21.4. The molecule has 1 aliphatic heterocycles. The number of likely N-dealkylation sites (tertiary alicyclic amines) is 1. The molecule has 0 bridgehead atoms. The van der Waals surface area contributed by atoms with Crippen LogP contribution >= 0.6 is 23.1 Å². The van der Waals surface area contributed by atoms with Crippen molar-refractivity contribution in [2.75, 3.05) is 12.3 Å². The molecule has 0 radical (unpaired) electrons. The summed E-state index contributed by atoms with van der Waals surface area (Å²) in [5.74, 6) is 1.28. The van der Waals surface area contributed by atoms with E-state index in [0.29, 0.717) is 5.75 Å². The number of aryl methyl sites for hydroxylation is 2. The topological polar surface area (TPSA) is 63.9 Å². The highest BCUT2D eigenvalue weighted by Crippen LogP contribution is 2.37. The molecular weight excluding hydrogens is 426 g/mol. The number of rotatable bonds is 5. The molecule has 0 saturated carbocycles. The number of benzene rings is 2. The van der Waals surface area contributed by atoms with Crippen LogP contribution in [0.25, 0.3) is 15.9 Å². The SMILES string of the molecule is Cc1ccc(-n2c(C)nnc2SCC(=O)N2CCC[C@H]2c2nc3ccccc3s2)cc1. The number of carbonyl (C=O) groups is 1. The van der Waals surface area contributed by atoms with E-state index in [-0.39, 0.29) is 11.9 Å². The molecule has 4 aromatic rings. The summed E-state index contributed by atoms with van der Waals surface area (Å²) in [5, 5.41) is 10.3. The fourth-order valence-electron chi connectivity index (χ4n) is 3.99. The van der Waals surface area contributed by atoms with Gasteiger partial charge in [-0.2, -0.15) is 0 Å². The number of hydrogen-bond donors (Lipinski definition) is 0. The fraction of sp³-hybridized carbons (Fsp3) is 0.304. The quantitative estimate of drug-likeness (QED) is 0.404. The third-order valence-electron chi connectivity index (χ3n) is 5.58. The second kappa shape index (κ2) is 8.43. The first-order chi connectivity index (χ1) is 15.1. The molecule has 0 aliphatic carbocycles. The van der Waals surface area contributed by atoms with E-state index in [9.17, 15) is 4.79 Å². The zero-order valence-electron chi connectivity index (χ0n) is 17.5. The summed E-state index contributed by atoms with van der Waals surface area (Å²) in [6.45, 7) is 4.78. The van der Waals surface area contributed by atoms with E-state index in [4.69, 9.17) is 4.98 Å². The van der Waals surface area contributed by atoms with Gasteiger partial charge in [0, 0.05) is 12.2 Å². The Bertz CT molecular complexity index is 1200. The number of amides is 1. The molecule has 1 fully saturated rings. The average Bonchev–Trinajstić information content (AvgIpc) is 3.50. The average molecular weight is 450 g/mol. The lowest BCUT2D eigenvalue weighted by molar-refractivity contribution is -0.129. The Morgan fingerprint density at radius 1 is 1.13 bits per heavy atom. The van der Waals surface area contributed by atoms with Crippen molar-refractivity contribution in [3.05, 3.63) is 64.9 Å². The van der Waals surface area contributed by atoms with Gasteiger partial charge in [-0.25, -0.2) is 4.98 Å². The lowest BCUT2D eigenvalue weighted by Gasteiger charge is -2.23. The smallest absolute Gasteiger partial charge is 0.233 e. The maximum atomic E-state index is 13.1. The largest absolute Gasteiger partial charge is 0.332 e. The number of carbonyl (C=O) groups excluding carboxylic acids is 1. The summed E-state index contributed by atoms with van der Waals surface area (Å²) >= 11 is 3.14. The highest BCUT2D eigenvalue weighted by Gasteiger charge is 2.32. The minimum atomic E-state index is 0.0715. The van der Waals surface area contributed by atoms with Gasteiger partial charge in [-0.15, -0.1) is 21.5 Å². The number of thiazole rings is 1. The highest BCUT2D eigenvalue weighted by molar-refractivity contribution is 7.99. The van der Waals surface area contributed by atoms with Crippen molar-refractivity contribution < 1.29 is 4.79 Å². The first kappa shape index (κ1) is 20.2. The maximum Gasteiger partial charge on any atom is 0.233 e. The van der Waals surface area contributed by atoms with E-state index in [0.717, 1.165) is 46.6 Å². The molecular formula is C23H23N5OS2. The van der Waals surface area contributed by atoms with Gasteiger partial charge in [0.25, 0.3) is 0 Å². The van der Waals surface area contributed by atoms with E-state index in [1.54, 1.807) is 11.3 Å². The molecule has 1 amide bonds. The van der Waals surface area contributed by atoms with Crippen LogP contribution in [0.15, 0.2) is 53.7 Å². The van der Waals surface area contributed by atoms with E-state index < -0.39 is 0 Å². The molecule has 8 heteroatoms. The Kier molecular flexibility index (Phi) is 5.50. The monoisotopic (exact) mass is 449 g/mol. The lowest BCUT2D eigenvalue weighted by Crippen LogP contribution is -2.32. The molecule has 0 N–H and O–H groups in total. The third-order valence-corrected chi connectivity index (χ3v) is 7.63. The molecule has 31 heavy (non-hydrogen) atoms. The van der Waals surface area contributed by atoms with E-state index in [1.807, 2.05) is 34.6 Å². The molecule has 0 spiro atoms. The van der Waals surface area contributed by atoms with Gasteiger partial charge in [-0.05, 0) is 51.0 Å². The van der Waals surface area contributed by atoms with Crippen molar-refractivity contribution in [1.82, 2.24) is 24.6 Å². The van der Waals surface area contributed by atoms with E-state index in [2.05, 4.69) is 47.5 Å². The predicted octanol–water partition coefficient (Wildman–Crippen LogP) is 4.95. The van der Waals surface area contributed by atoms with Gasteiger partial charge in [-0.1, -0.05) is 41.6 Å². The molecule has 1 saturated heterocycles. The summed E-state index contributed by atoms with van der Waals surface area (Å²) < 4.78 is 3.18. The van der Waals surface area contributed by atoms with Crippen LogP contribution in [0.2, 0.25) is 0 Å². The minimum Gasteiger partial charge on any atom is -0.332 e. The van der Waals surface area contributed by atoms with Crippen LogP contribution in [0, 0.1) is 13.8 Å². The lowest BCUT2D eigenvalue weighted by atomic mass is 10.2. The van der Waals surface area contributed by atoms with Crippen molar-refractivity contribution in [2.24, 2.45) is 0 Å². The summed E-state index contributed by atoms with van der Waals surface area (Å²) in [6, 6.07) is 16.5. The number of aromatic nitrogens is 4. The van der Waals surface area contributed by atoms with Crippen molar-refractivity contribution in [3.63, 3.8) is 0 Å². The first-order valence-electron chi connectivity index (χ1n) is 10.4. The Labute approximate surface area is 189 Å². The number of nitrogens with zero attached hydrogens (tertiary/aromatic N) is 5. The molecule has 5 rings (SSSR count). The maximum absolute atomic E-state index is 13.1. The van der Waals surface area contributed by atoms with Crippen molar-refractivity contribution >= 4 is 39.2 Å². The summed E-state index contributed by atoms with van der Waals surface area (Å²) in [5.41, 5.74) is 3.23. The second-order valence-corrected chi connectivity index (χ2v) is 9.76. The van der Waals surface area contributed by atoms with Crippen molar-refractivity contribution in [3.8, 4) is 5.69 Å². The Balaban J connectivity index is 1.32. The van der Waals surface area contributed by atoms with Gasteiger partial charge in [0.15, 0.2) is 5.16 Å². The molecule has 158 valence electrons. The van der Waals surface area contributed by atoms with Crippen LogP contribution in [0.3, 0.4) is 0 Å². The molecule has 2 aromatic heterocycles. The number of fused-ring (bicyclic) bond motifs is 1. The highest BCUT2D eigenvalue weighted by atomic mass is 32.2. The number of para-hydroxylation sites is 1. The molecule has 1 atom stereocenters. The molecule has 3 heterocycles. The molecule has 0 unspecified atom stereocenters. The molecule has 2 aromatic carbocycles. The van der Waals surface area contributed by atoms with Crippen LogP contribution in [0.1, 0.15) is 35.3 Å². The summed E-state index contributed by atoms with van der Waals surface area (Å²) in [4.78, 5) is 19.9. The normalized spacial score (nSPS) is 16.3. The first-order valence-corrected chi connectivity index (χ1v) is 12.2. The van der Waals surface area contributed by atoms with E-state index in [1.165, 1.54) is 22.0 Å². The Morgan fingerprint density at radius 2 is 1.94 bits per heavy atom. The molecule has 1 aliphatic rings. The van der Waals surface area contributed by atoms with Crippen LogP contribution in [-0.4, -0.2) is 42.9 Å². The number of hydrogen-bond acceptors (Lipinski definition) is 6. The van der Waals surface area contributed by atoms with Crippen LogP contribution in [0.5, 0.6) is 0 Å². The Morgan fingerprint density at radius 3 is 2.74 bits per heavy atom. The third kappa shape index (κ3) is 3.97. The van der Waals surface area contributed by atoms with Crippen molar-refractivity contribution in [2.45, 2.75) is 37.9 Å². The fourth-order valence-corrected chi connectivity index (χ4v) is 5.99. The van der Waals surface area contributed by atoms with Crippen LogP contribution < -0.4 is 0 Å². The van der Waals surface area contributed by atoms with Gasteiger partial charge in [0.05, 0.1) is 22.0 Å². The predicted molar refractivity (Wildman–Crippen MR) is 125 cm³/mol. The second-order valence-electron chi connectivity index (χ2n) is 7.75. The molecule has 6 nitrogen and oxygen atoms in total. The van der Waals surface area contributed by atoms with Gasteiger partial charge in [-0.3, -0.25) is 9.36 Å². The zero-order valence-corrected chi connectivity index (χ0v) is 19.1.